The van der Waals surface area contributed by atoms with E-state index in [0.29, 0.717) is 0 Å². The minimum absolute atomic E-state index is 0.00921. The molecule has 0 saturated heterocycles. The zero-order valence-corrected chi connectivity index (χ0v) is 21.2. The highest BCUT2D eigenvalue weighted by Crippen LogP contribution is 2.35. The Morgan fingerprint density at radius 3 is 0.833 bits per heavy atom. The maximum atomic E-state index is 13.3. The van der Waals surface area contributed by atoms with Crippen molar-refractivity contribution in [2.45, 2.75) is 105 Å². The van der Waals surface area contributed by atoms with Crippen molar-refractivity contribution in [2.75, 3.05) is 0 Å². The molecule has 0 unspecified atom stereocenters. The predicted molar refractivity (Wildman–Crippen MR) is 128 cm³/mol. The van der Waals surface area contributed by atoms with Crippen LogP contribution in [-0.4, -0.2) is 0 Å². The van der Waals surface area contributed by atoms with Gasteiger partial charge in [0.2, 0.25) is 0 Å². The van der Waals surface area contributed by atoms with Crippen LogP contribution in [0.5, 0.6) is 0 Å². The molecule has 0 radical (unpaired) electrons. The van der Waals surface area contributed by atoms with Crippen molar-refractivity contribution in [1.82, 2.24) is 0 Å². The number of hydrogen-bond acceptors (Lipinski definition) is 0. The van der Waals surface area contributed by atoms with E-state index in [9.17, 15) is 8.78 Å². The summed E-state index contributed by atoms with van der Waals surface area (Å²) in [6.07, 6.45) is 0. The molecule has 2 aromatic carbocycles. The van der Waals surface area contributed by atoms with Crippen molar-refractivity contribution < 1.29 is 8.78 Å². The number of rotatable bonds is 0. The molecule has 0 saturated carbocycles. The maximum absolute atomic E-state index is 13.3. The molecule has 0 amide bonds. The van der Waals surface area contributed by atoms with Gasteiger partial charge in [0.15, 0.2) is 0 Å². The highest BCUT2D eigenvalue weighted by molar-refractivity contribution is 5.38. The van der Waals surface area contributed by atoms with Crippen LogP contribution in [0.15, 0.2) is 36.4 Å². The number of hydrogen-bond donors (Lipinski definition) is 0. The first-order valence-corrected chi connectivity index (χ1v) is 10.9. The summed E-state index contributed by atoms with van der Waals surface area (Å²) in [5.74, 6) is -0.291. The first-order valence-electron chi connectivity index (χ1n) is 10.9. The second-order valence-electron chi connectivity index (χ2n) is 12.4. The fourth-order valence-corrected chi connectivity index (χ4v) is 3.58. The quantitative estimate of drug-likeness (QED) is 0.402. The van der Waals surface area contributed by atoms with E-state index < -0.39 is 0 Å². The molecule has 0 N–H and O–H groups in total. The third-order valence-corrected chi connectivity index (χ3v) is 5.20. The lowest BCUT2D eigenvalue weighted by Gasteiger charge is -2.30. The Bertz CT molecular complexity index is 775. The van der Waals surface area contributed by atoms with Gasteiger partial charge < -0.3 is 0 Å². The predicted octanol–water partition coefficient (Wildman–Crippen LogP) is 8.84. The van der Waals surface area contributed by atoms with E-state index in [1.54, 1.807) is 24.3 Å². The van der Waals surface area contributed by atoms with Gasteiger partial charge in [0.05, 0.1) is 0 Å². The first kappa shape index (κ1) is 26.3. The van der Waals surface area contributed by atoms with Crippen LogP contribution in [-0.2, 0) is 21.7 Å². The Labute approximate surface area is 184 Å². The standard InChI is InChI=1S/2C14H21F/c2*1-13(2,3)11-8-7-10(15)9-12(11)14(4,5)6/h2*7-9H,1-6H3. The smallest absolute Gasteiger partial charge is 0.123 e. The summed E-state index contributed by atoms with van der Waals surface area (Å²) in [5.41, 5.74) is 4.79. The van der Waals surface area contributed by atoms with Gasteiger partial charge in [0.25, 0.3) is 0 Å². The maximum Gasteiger partial charge on any atom is 0.123 e. The largest absolute Gasteiger partial charge is 0.207 e. The van der Waals surface area contributed by atoms with Crippen LogP contribution in [0.1, 0.15) is 105 Å². The Morgan fingerprint density at radius 1 is 0.400 bits per heavy atom. The zero-order chi connectivity index (χ0) is 23.7. The molecule has 0 spiro atoms. The SMILES string of the molecule is CC(C)(C)c1ccc(F)cc1C(C)(C)C.CC(C)(C)c1ccc(F)cc1C(C)(C)C. The molecule has 0 atom stereocenters. The van der Waals surface area contributed by atoms with Gasteiger partial charge in [-0.05, 0) is 68.2 Å². The summed E-state index contributed by atoms with van der Waals surface area (Å²) in [4.78, 5) is 0. The topological polar surface area (TPSA) is 0 Å². The van der Waals surface area contributed by atoms with Gasteiger partial charge >= 0.3 is 0 Å². The third kappa shape index (κ3) is 7.22. The summed E-state index contributed by atoms with van der Waals surface area (Å²) in [6.45, 7) is 25.7. The Hall–Kier alpha value is -1.70. The van der Waals surface area contributed by atoms with Gasteiger partial charge in [-0.1, -0.05) is 95.2 Å². The molecule has 30 heavy (non-hydrogen) atoms. The van der Waals surface area contributed by atoms with E-state index in [2.05, 4.69) is 83.1 Å². The van der Waals surface area contributed by atoms with E-state index >= 15 is 0 Å². The molecule has 0 heterocycles. The minimum Gasteiger partial charge on any atom is -0.207 e. The molecule has 2 heteroatoms. The number of benzene rings is 2. The normalized spacial score (nSPS) is 13.0. The van der Waals surface area contributed by atoms with Crippen molar-refractivity contribution in [3.05, 3.63) is 70.3 Å². The Kier molecular flexibility index (Phi) is 7.73. The molecule has 0 aromatic heterocycles. The van der Waals surface area contributed by atoms with Gasteiger partial charge in [-0.15, -0.1) is 0 Å². The second kappa shape index (κ2) is 8.81. The summed E-state index contributed by atoms with van der Waals surface area (Å²) < 4.78 is 26.5. The van der Waals surface area contributed by atoms with Gasteiger partial charge in [-0.25, -0.2) is 8.78 Å². The lowest BCUT2D eigenvalue weighted by molar-refractivity contribution is 0.521. The van der Waals surface area contributed by atoms with Gasteiger partial charge in [0.1, 0.15) is 11.6 Å². The van der Waals surface area contributed by atoms with Crippen LogP contribution >= 0.6 is 0 Å². The third-order valence-electron chi connectivity index (χ3n) is 5.20. The average molecular weight is 417 g/mol. The van der Waals surface area contributed by atoms with E-state index in [-0.39, 0.29) is 33.3 Å². The highest BCUT2D eigenvalue weighted by Gasteiger charge is 2.26. The van der Waals surface area contributed by atoms with Crippen LogP contribution in [0.3, 0.4) is 0 Å². The molecule has 0 aliphatic heterocycles. The van der Waals surface area contributed by atoms with Crippen LogP contribution in [0, 0.1) is 11.6 Å². The van der Waals surface area contributed by atoms with Crippen molar-refractivity contribution in [3.63, 3.8) is 0 Å². The summed E-state index contributed by atoms with van der Waals surface area (Å²) in [5, 5.41) is 0. The molecule has 0 bridgehead atoms. The van der Waals surface area contributed by atoms with Gasteiger partial charge in [-0.2, -0.15) is 0 Å². The molecular weight excluding hydrogens is 374 g/mol. The summed E-state index contributed by atoms with van der Waals surface area (Å²) in [6, 6.07) is 10.3. The molecule has 0 fully saturated rings. The van der Waals surface area contributed by atoms with Crippen LogP contribution < -0.4 is 0 Å². The van der Waals surface area contributed by atoms with E-state index in [1.807, 2.05) is 12.1 Å². The second-order valence-corrected chi connectivity index (χ2v) is 12.4. The monoisotopic (exact) mass is 416 g/mol. The van der Waals surface area contributed by atoms with Crippen molar-refractivity contribution in [3.8, 4) is 0 Å². The van der Waals surface area contributed by atoms with Gasteiger partial charge in [-0.3, -0.25) is 0 Å². The summed E-state index contributed by atoms with van der Waals surface area (Å²) >= 11 is 0. The minimum atomic E-state index is -0.145. The van der Waals surface area contributed by atoms with Crippen molar-refractivity contribution in [1.29, 1.82) is 0 Å². The van der Waals surface area contributed by atoms with Crippen LogP contribution in [0.2, 0.25) is 0 Å². The summed E-state index contributed by atoms with van der Waals surface area (Å²) in [7, 11) is 0. The lowest BCUT2D eigenvalue weighted by atomic mass is 9.75. The number of halogens is 2. The lowest BCUT2D eigenvalue weighted by Crippen LogP contribution is -2.22. The van der Waals surface area contributed by atoms with Gasteiger partial charge in [0, 0.05) is 0 Å². The van der Waals surface area contributed by atoms with Crippen molar-refractivity contribution >= 4 is 0 Å². The van der Waals surface area contributed by atoms with E-state index in [0.717, 1.165) is 11.1 Å². The van der Waals surface area contributed by atoms with E-state index in [1.165, 1.54) is 11.1 Å². The molecule has 168 valence electrons. The van der Waals surface area contributed by atoms with Crippen molar-refractivity contribution in [2.24, 2.45) is 0 Å². The highest BCUT2D eigenvalue weighted by atomic mass is 19.1. The van der Waals surface area contributed by atoms with Crippen LogP contribution in [0.25, 0.3) is 0 Å². The zero-order valence-electron chi connectivity index (χ0n) is 21.2. The van der Waals surface area contributed by atoms with E-state index in [4.69, 9.17) is 0 Å². The molecule has 0 nitrogen and oxygen atoms in total. The Balaban J connectivity index is 0.000000300. The van der Waals surface area contributed by atoms with Crippen LogP contribution in [0.4, 0.5) is 8.78 Å². The first-order chi connectivity index (χ1) is 13.2. The molecule has 2 aromatic rings. The fourth-order valence-electron chi connectivity index (χ4n) is 3.58. The molecule has 0 aliphatic carbocycles. The Morgan fingerprint density at radius 2 is 0.633 bits per heavy atom. The average Bonchev–Trinajstić information content (AvgIpc) is 2.51. The molecule has 0 aliphatic rings. The fraction of sp³-hybridized carbons (Fsp3) is 0.571. The molecular formula is C28H42F2. The molecule has 2 rings (SSSR count).